The molecule has 12 heteroatoms. The Labute approximate surface area is 203 Å². The summed E-state index contributed by atoms with van der Waals surface area (Å²) in [5.74, 6) is 0.438. The molecule has 1 aromatic carbocycles. The first kappa shape index (κ1) is 23.9. The lowest BCUT2D eigenvalue weighted by Crippen LogP contribution is -2.29. The van der Waals surface area contributed by atoms with Crippen LogP contribution in [0.1, 0.15) is 43.7 Å². The van der Waals surface area contributed by atoms with Crippen molar-refractivity contribution in [2.45, 2.75) is 57.2 Å². The third-order valence-electron chi connectivity index (χ3n) is 6.88. The molecule has 188 valence electrons. The molecule has 1 aliphatic heterocycles. The van der Waals surface area contributed by atoms with E-state index in [1.54, 1.807) is 12.3 Å². The number of nitrogens with one attached hydrogen (secondary N) is 2. The normalized spacial score (nSPS) is 23.6. The fraction of sp³-hybridized carbons (Fsp3) is 0.522. The Kier molecular flexibility index (Phi) is 6.36. The zero-order valence-corrected chi connectivity index (χ0v) is 20.6. The van der Waals surface area contributed by atoms with Crippen LogP contribution in [0.25, 0.3) is 11.2 Å². The molecule has 3 N–H and O–H groups in total. The maximum Gasteiger partial charge on any atom is 0.224 e. The average Bonchev–Trinajstić information content (AvgIpc) is 3.42. The quantitative estimate of drug-likeness (QED) is 0.469. The number of rotatable bonds is 6. The van der Waals surface area contributed by atoms with E-state index >= 15 is 0 Å². The van der Waals surface area contributed by atoms with E-state index in [4.69, 9.17) is 4.98 Å². The van der Waals surface area contributed by atoms with Crippen LogP contribution in [0.3, 0.4) is 0 Å². The minimum absolute atomic E-state index is 0.165. The van der Waals surface area contributed by atoms with Crippen molar-refractivity contribution in [2.75, 3.05) is 30.0 Å². The van der Waals surface area contributed by atoms with E-state index in [2.05, 4.69) is 20.6 Å². The zero-order chi connectivity index (χ0) is 24.7. The summed E-state index contributed by atoms with van der Waals surface area (Å²) in [6.07, 6.45) is 6.27. The topological polar surface area (TPSA) is 125 Å². The summed E-state index contributed by atoms with van der Waals surface area (Å²) in [4.78, 5) is 13.8. The Morgan fingerprint density at radius 2 is 1.91 bits per heavy atom. The summed E-state index contributed by atoms with van der Waals surface area (Å²) >= 11 is 0. The van der Waals surface area contributed by atoms with Gasteiger partial charge in [0.25, 0.3) is 0 Å². The van der Waals surface area contributed by atoms with E-state index in [0.29, 0.717) is 41.7 Å². The lowest BCUT2D eigenvalue weighted by Gasteiger charge is -2.26. The molecule has 5 rings (SSSR count). The first-order valence-electron chi connectivity index (χ1n) is 11.9. The van der Waals surface area contributed by atoms with Crippen LogP contribution in [0.15, 0.2) is 24.4 Å². The number of imidazole rings is 1. The number of fused-ring (bicyclic) bond motifs is 1. The van der Waals surface area contributed by atoms with Crippen LogP contribution in [-0.2, 0) is 10.0 Å². The molecule has 0 radical (unpaired) electrons. The number of nitrogens with zero attached hydrogens (tertiary/aromatic N) is 5. The molecule has 2 aromatic heterocycles. The number of halogens is 1. The molecule has 1 saturated carbocycles. The van der Waals surface area contributed by atoms with Gasteiger partial charge in [-0.15, -0.1) is 0 Å². The lowest BCUT2D eigenvalue weighted by atomic mass is 9.93. The standard InChI is InChI=1S/C23H30FN7O3S/c1-14-4-3-5-18(24)20(14)28-23-27-19-12-25-22(26-15-6-8-17(32)9-7-15)29-21(19)31(23)16-10-11-30(13-16)35(2,33)34/h3-5,12,15-17,32H,6-11,13H2,1-2H3,(H,27,28)(H,25,26,29). The van der Waals surface area contributed by atoms with Crippen LogP contribution in [-0.4, -0.2) is 68.8 Å². The molecule has 0 spiro atoms. The number of anilines is 3. The van der Waals surface area contributed by atoms with Gasteiger partial charge in [0.05, 0.1) is 30.3 Å². The van der Waals surface area contributed by atoms with E-state index in [1.165, 1.54) is 16.6 Å². The summed E-state index contributed by atoms with van der Waals surface area (Å²) in [6.45, 7) is 2.48. The van der Waals surface area contributed by atoms with E-state index in [-0.39, 0.29) is 24.7 Å². The number of aliphatic hydroxyl groups excluding tert-OH is 1. The number of hydrogen-bond donors (Lipinski definition) is 3. The molecular formula is C23H30FN7O3S. The Morgan fingerprint density at radius 3 is 2.60 bits per heavy atom. The van der Waals surface area contributed by atoms with Crippen LogP contribution in [0.2, 0.25) is 0 Å². The predicted molar refractivity (Wildman–Crippen MR) is 132 cm³/mol. The molecule has 10 nitrogen and oxygen atoms in total. The van der Waals surface area contributed by atoms with Crippen molar-refractivity contribution < 1.29 is 17.9 Å². The maximum absolute atomic E-state index is 14.6. The number of hydrogen-bond acceptors (Lipinski definition) is 8. The highest BCUT2D eigenvalue weighted by Crippen LogP contribution is 2.33. The zero-order valence-electron chi connectivity index (χ0n) is 19.8. The van der Waals surface area contributed by atoms with Crippen molar-refractivity contribution in [1.29, 1.82) is 0 Å². The van der Waals surface area contributed by atoms with Crippen molar-refractivity contribution in [3.63, 3.8) is 0 Å². The first-order chi connectivity index (χ1) is 16.7. The molecule has 0 bridgehead atoms. The Balaban J connectivity index is 1.53. The fourth-order valence-electron chi connectivity index (χ4n) is 4.92. The number of aliphatic hydroxyl groups is 1. The summed E-state index contributed by atoms with van der Waals surface area (Å²) in [5.41, 5.74) is 2.12. The molecule has 2 fully saturated rings. The minimum Gasteiger partial charge on any atom is -0.393 e. The molecule has 1 unspecified atom stereocenters. The second-order valence-electron chi connectivity index (χ2n) is 9.48. The van der Waals surface area contributed by atoms with Gasteiger partial charge in [-0.05, 0) is 50.7 Å². The molecule has 1 aliphatic carbocycles. The third kappa shape index (κ3) is 4.95. The second-order valence-corrected chi connectivity index (χ2v) is 11.5. The van der Waals surface area contributed by atoms with Crippen LogP contribution < -0.4 is 10.6 Å². The van der Waals surface area contributed by atoms with Crippen molar-refractivity contribution in [3.05, 3.63) is 35.8 Å². The molecule has 2 aliphatic rings. The molecule has 0 amide bonds. The Hall–Kier alpha value is -2.83. The van der Waals surface area contributed by atoms with Crippen LogP contribution in [0, 0.1) is 12.7 Å². The van der Waals surface area contributed by atoms with Gasteiger partial charge in [0.1, 0.15) is 11.3 Å². The highest BCUT2D eigenvalue weighted by Gasteiger charge is 2.33. The van der Waals surface area contributed by atoms with Crippen LogP contribution >= 0.6 is 0 Å². The van der Waals surface area contributed by atoms with Gasteiger partial charge >= 0.3 is 0 Å². The Bertz CT molecular complexity index is 1320. The van der Waals surface area contributed by atoms with Crippen molar-refractivity contribution in [3.8, 4) is 0 Å². The van der Waals surface area contributed by atoms with E-state index < -0.39 is 15.8 Å². The van der Waals surface area contributed by atoms with Crippen LogP contribution in [0.5, 0.6) is 0 Å². The van der Waals surface area contributed by atoms with Gasteiger partial charge < -0.3 is 15.7 Å². The monoisotopic (exact) mass is 503 g/mol. The molecular weight excluding hydrogens is 473 g/mol. The van der Waals surface area contributed by atoms with E-state index in [9.17, 15) is 17.9 Å². The van der Waals surface area contributed by atoms with Crippen molar-refractivity contribution >= 4 is 38.8 Å². The van der Waals surface area contributed by atoms with Gasteiger partial charge in [-0.25, -0.2) is 27.1 Å². The third-order valence-corrected chi connectivity index (χ3v) is 8.15. The van der Waals surface area contributed by atoms with Gasteiger partial charge in [-0.3, -0.25) is 4.57 Å². The summed E-state index contributed by atoms with van der Waals surface area (Å²) in [6, 6.07) is 4.78. The molecule has 3 aromatic rings. The van der Waals surface area contributed by atoms with Gasteiger partial charge in [0, 0.05) is 19.1 Å². The Morgan fingerprint density at radius 1 is 1.14 bits per heavy atom. The average molecular weight is 504 g/mol. The molecule has 1 saturated heterocycles. The maximum atomic E-state index is 14.6. The van der Waals surface area contributed by atoms with Crippen LogP contribution in [0.4, 0.5) is 22.0 Å². The van der Waals surface area contributed by atoms with Gasteiger partial charge in [-0.1, -0.05) is 12.1 Å². The SMILES string of the molecule is Cc1cccc(F)c1Nc1nc2cnc(NC3CCC(O)CC3)nc2n1C1CCN(S(C)(=O)=O)C1. The number of para-hydroxylation sites is 1. The molecule has 1 atom stereocenters. The fourth-order valence-corrected chi connectivity index (χ4v) is 5.80. The summed E-state index contributed by atoms with van der Waals surface area (Å²) in [5, 5.41) is 16.3. The summed E-state index contributed by atoms with van der Waals surface area (Å²) < 4.78 is 42.2. The number of sulfonamides is 1. The molecule has 35 heavy (non-hydrogen) atoms. The predicted octanol–water partition coefficient (Wildman–Crippen LogP) is 2.94. The first-order valence-corrected chi connectivity index (χ1v) is 13.7. The van der Waals surface area contributed by atoms with Crippen molar-refractivity contribution in [2.24, 2.45) is 0 Å². The van der Waals surface area contributed by atoms with Gasteiger partial charge in [-0.2, -0.15) is 4.98 Å². The van der Waals surface area contributed by atoms with E-state index in [1.807, 2.05) is 17.6 Å². The summed E-state index contributed by atoms with van der Waals surface area (Å²) in [7, 11) is -3.34. The number of benzene rings is 1. The number of aromatic nitrogens is 4. The number of aryl methyl sites for hydroxylation is 1. The van der Waals surface area contributed by atoms with Crippen molar-refractivity contribution in [1.82, 2.24) is 23.8 Å². The molecule has 3 heterocycles. The largest absolute Gasteiger partial charge is 0.393 e. The van der Waals surface area contributed by atoms with Gasteiger partial charge in [0.15, 0.2) is 5.65 Å². The highest BCUT2D eigenvalue weighted by atomic mass is 32.2. The highest BCUT2D eigenvalue weighted by molar-refractivity contribution is 7.88. The van der Waals surface area contributed by atoms with E-state index in [0.717, 1.165) is 31.2 Å². The second kappa shape index (κ2) is 9.32. The van der Waals surface area contributed by atoms with Gasteiger partial charge in [0.2, 0.25) is 21.9 Å². The minimum atomic E-state index is -3.34. The smallest absolute Gasteiger partial charge is 0.224 e. The lowest BCUT2D eigenvalue weighted by molar-refractivity contribution is 0.126.